The fraction of sp³-hybridized carbons (Fsp3) is 0.0741. The third-order valence-electron chi connectivity index (χ3n) is 6.09. The maximum atomic E-state index is 10.2. The van der Waals surface area contributed by atoms with E-state index in [0.717, 1.165) is 39.1 Å². The predicted molar refractivity (Wildman–Crippen MR) is 119 cm³/mol. The van der Waals surface area contributed by atoms with E-state index in [1.807, 2.05) is 66.7 Å². The Morgan fingerprint density at radius 1 is 0.677 bits per heavy atom. The maximum absolute atomic E-state index is 10.2. The summed E-state index contributed by atoms with van der Waals surface area (Å²) in [6.07, 6.45) is 0.596. The molecule has 0 bridgehead atoms. The zero-order chi connectivity index (χ0) is 21.0. The summed E-state index contributed by atoms with van der Waals surface area (Å²) >= 11 is 0. The van der Waals surface area contributed by atoms with Gasteiger partial charge in [-0.1, -0.05) is 48.5 Å². The van der Waals surface area contributed by atoms with E-state index in [1.165, 1.54) is 0 Å². The Kier molecular flexibility index (Phi) is 3.71. The van der Waals surface area contributed by atoms with Crippen molar-refractivity contribution in [2.24, 2.45) is 4.99 Å². The first-order valence-electron chi connectivity index (χ1n) is 10.2. The lowest BCUT2D eigenvalue weighted by atomic mass is 9.70. The fourth-order valence-corrected chi connectivity index (χ4v) is 4.80. The number of para-hydroxylation sites is 1. The molecule has 4 aromatic rings. The number of rotatable bonds is 1. The van der Waals surface area contributed by atoms with Crippen molar-refractivity contribution in [1.29, 1.82) is 0 Å². The van der Waals surface area contributed by atoms with Crippen molar-refractivity contribution in [2.45, 2.75) is 12.0 Å². The molecule has 0 amide bonds. The Balaban J connectivity index is 1.71. The van der Waals surface area contributed by atoms with Crippen molar-refractivity contribution in [3.8, 4) is 11.5 Å². The standard InChI is InChI=1S/C27H19NO3/c29-20-10-12-22-18(15-20)14-19-16-21(30)11-13-23(19)27(22)24-8-4-5-9-25(24)28-26(31-27)17-6-2-1-3-7-17/h1-13,15-16,29-30H,14H2. The van der Waals surface area contributed by atoms with E-state index in [9.17, 15) is 10.2 Å². The van der Waals surface area contributed by atoms with Crippen molar-refractivity contribution in [3.63, 3.8) is 0 Å². The van der Waals surface area contributed by atoms with Crippen molar-refractivity contribution in [1.82, 2.24) is 0 Å². The molecule has 0 radical (unpaired) electrons. The Morgan fingerprint density at radius 3 is 1.97 bits per heavy atom. The van der Waals surface area contributed by atoms with Gasteiger partial charge in [0.1, 0.15) is 11.5 Å². The number of phenolic OH excluding ortho intramolecular Hbond substituents is 2. The van der Waals surface area contributed by atoms with Crippen LogP contribution in [0, 0.1) is 0 Å². The number of benzene rings is 4. The first kappa shape index (κ1) is 17.8. The van der Waals surface area contributed by atoms with Gasteiger partial charge in [0.15, 0.2) is 5.60 Å². The highest BCUT2D eigenvalue weighted by Crippen LogP contribution is 2.53. The van der Waals surface area contributed by atoms with Gasteiger partial charge in [0, 0.05) is 22.3 Å². The topological polar surface area (TPSA) is 62.0 Å². The zero-order valence-electron chi connectivity index (χ0n) is 16.6. The second-order valence-electron chi connectivity index (χ2n) is 7.94. The third-order valence-corrected chi connectivity index (χ3v) is 6.09. The summed E-state index contributed by atoms with van der Waals surface area (Å²) in [5.41, 5.74) is 5.60. The number of hydrogen-bond acceptors (Lipinski definition) is 4. The first-order valence-corrected chi connectivity index (χ1v) is 10.2. The monoisotopic (exact) mass is 405 g/mol. The molecule has 4 nitrogen and oxygen atoms in total. The molecule has 0 atom stereocenters. The number of aromatic hydroxyl groups is 2. The van der Waals surface area contributed by atoms with Crippen LogP contribution in [0.1, 0.15) is 33.4 Å². The number of hydrogen-bond donors (Lipinski definition) is 2. The van der Waals surface area contributed by atoms with Crippen LogP contribution >= 0.6 is 0 Å². The Hall–Kier alpha value is -4.05. The molecule has 2 N–H and O–H groups in total. The lowest BCUT2D eigenvalue weighted by molar-refractivity contribution is 0.133. The van der Waals surface area contributed by atoms with E-state index in [2.05, 4.69) is 0 Å². The van der Waals surface area contributed by atoms with Crippen molar-refractivity contribution >= 4 is 11.6 Å². The van der Waals surface area contributed by atoms with Gasteiger partial charge in [0.2, 0.25) is 5.90 Å². The van der Waals surface area contributed by atoms with Crippen LogP contribution in [0.4, 0.5) is 5.69 Å². The quantitative estimate of drug-likeness (QED) is 0.446. The highest BCUT2D eigenvalue weighted by Gasteiger charge is 2.48. The number of nitrogens with zero attached hydrogens (tertiary/aromatic N) is 1. The molecule has 1 spiro atoms. The minimum Gasteiger partial charge on any atom is -0.508 e. The molecule has 1 heterocycles. The Bertz CT molecular complexity index is 1310. The summed E-state index contributed by atoms with van der Waals surface area (Å²) in [6, 6.07) is 28.7. The van der Waals surface area contributed by atoms with E-state index in [-0.39, 0.29) is 11.5 Å². The molecule has 4 heteroatoms. The van der Waals surface area contributed by atoms with Crippen LogP contribution in [-0.2, 0) is 16.8 Å². The van der Waals surface area contributed by atoms with Crippen molar-refractivity contribution in [2.75, 3.05) is 0 Å². The number of ether oxygens (including phenoxy) is 1. The summed E-state index contributed by atoms with van der Waals surface area (Å²) in [5, 5.41) is 20.4. The lowest BCUT2D eigenvalue weighted by Gasteiger charge is -2.43. The molecule has 1 aliphatic carbocycles. The summed E-state index contributed by atoms with van der Waals surface area (Å²) in [4.78, 5) is 4.84. The van der Waals surface area contributed by atoms with Gasteiger partial charge in [0.05, 0.1) is 5.69 Å². The number of phenols is 2. The van der Waals surface area contributed by atoms with Gasteiger partial charge >= 0.3 is 0 Å². The molecule has 150 valence electrons. The van der Waals surface area contributed by atoms with Gasteiger partial charge in [-0.15, -0.1) is 0 Å². The van der Waals surface area contributed by atoms with Crippen LogP contribution in [0.25, 0.3) is 0 Å². The second kappa shape index (κ2) is 6.47. The minimum absolute atomic E-state index is 0.207. The fourth-order valence-electron chi connectivity index (χ4n) is 4.80. The summed E-state index contributed by atoms with van der Waals surface area (Å²) in [5.74, 6) is 0.955. The van der Waals surface area contributed by atoms with Gasteiger partial charge < -0.3 is 14.9 Å². The minimum atomic E-state index is -0.937. The van der Waals surface area contributed by atoms with Crippen LogP contribution in [0.5, 0.6) is 11.5 Å². The second-order valence-corrected chi connectivity index (χ2v) is 7.94. The van der Waals surface area contributed by atoms with Gasteiger partial charge in [-0.2, -0.15) is 0 Å². The summed E-state index contributed by atoms with van der Waals surface area (Å²) in [7, 11) is 0. The molecule has 2 aliphatic rings. The third kappa shape index (κ3) is 2.58. The van der Waals surface area contributed by atoms with Crippen LogP contribution in [-0.4, -0.2) is 16.1 Å². The number of aliphatic imine (C=N–C) groups is 1. The zero-order valence-corrected chi connectivity index (χ0v) is 16.6. The molecule has 0 saturated carbocycles. The molecule has 0 unspecified atom stereocenters. The van der Waals surface area contributed by atoms with Gasteiger partial charge in [-0.3, -0.25) is 0 Å². The Morgan fingerprint density at radius 2 is 1.29 bits per heavy atom. The average Bonchev–Trinajstić information content (AvgIpc) is 2.79. The van der Waals surface area contributed by atoms with E-state index < -0.39 is 5.60 Å². The molecule has 0 saturated heterocycles. The summed E-state index contributed by atoms with van der Waals surface area (Å²) < 4.78 is 6.85. The smallest absolute Gasteiger partial charge is 0.222 e. The first-order chi connectivity index (χ1) is 15.1. The molecule has 4 aromatic carbocycles. The predicted octanol–water partition coefficient (Wildman–Crippen LogP) is 5.40. The SMILES string of the molecule is Oc1ccc2c(c1)Cc1cc(O)ccc1C21OC(c2ccccc2)=Nc2ccccc21. The molecule has 1 aliphatic heterocycles. The van der Waals surface area contributed by atoms with Crippen LogP contribution in [0.3, 0.4) is 0 Å². The molecule has 0 fully saturated rings. The molecular weight excluding hydrogens is 386 g/mol. The van der Waals surface area contributed by atoms with Crippen LogP contribution < -0.4 is 0 Å². The van der Waals surface area contributed by atoms with E-state index >= 15 is 0 Å². The van der Waals surface area contributed by atoms with Crippen molar-refractivity contribution < 1.29 is 14.9 Å². The molecule has 6 rings (SSSR count). The molecule has 0 aromatic heterocycles. The largest absolute Gasteiger partial charge is 0.508 e. The van der Waals surface area contributed by atoms with E-state index in [4.69, 9.17) is 9.73 Å². The highest BCUT2D eigenvalue weighted by atomic mass is 16.5. The van der Waals surface area contributed by atoms with Gasteiger partial charge in [0.25, 0.3) is 0 Å². The normalized spacial score (nSPS) is 15.3. The van der Waals surface area contributed by atoms with Crippen molar-refractivity contribution in [3.05, 3.63) is 124 Å². The molecule has 31 heavy (non-hydrogen) atoms. The highest BCUT2D eigenvalue weighted by molar-refractivity contribution is 5.98. The number of fused-ring (bicyclic) bond motifs is 6. The molecular formula is C27H19NO3. The lowest BCUT2D eigenvalue weighted by Crippen LogP contribution is -2.41. The maximum Gasteiger partial charge on any atom is 0.222 e. The average molecular weight is 405 g/mol. The van der Waals surface area contributed by atoms with Crippen LogP contribution in [0.2, 0.25) is 0 Å². The van der Waals surface area contributed by atoms with Gasteiger partial charge in [-0.25, -0.2) is 4.99 Å². The van der Waals surface area contributed by atoms with Gasteiger partial charge in [-0.05, 0) is 60.0 Å². The van der Waals surface area contributed by atoms with Crippen LogP contribution in [0.15, 0.2) is 96.0 Å². The Labute approximate surface area is 179 Å². The van der Waals surface area contributed by atoms with E-state index in [0.29, 0.717) is 12.3 Å². The summed E-state index contributed by atoms with van der Waals surface area (Å²) in [6.45, 7) is 0. The van der Waals surface area contributed by atoms with E-state index in [1.54, 1.807) is 24.3 Å².